The van der Waals surface area contributed by atoms with Crippen LogP contribution in [0.4, 0.5) is 0 Å². The average molecular weight is 389 g/mol. The normalized spacial score (nSPS) is 12.1. The number of hydrogen-bond acceptors (Lipinski definition) is 6. The van der Waals surface area contributed by atoms with Crippen LogP contribution in [0.5, 0.6) is 0 Å². The van der Waals surface area contributed by atoms with Gasteiger partial charge in [0.05, 0.1) is 15.1 Å². The molecule has 3 aromatic rings. The Balaban J connectivity index is 1.60. The van der Waals surface area contributed by atoms with Crippen molar-refractivity contribution in [2.24, 2.45) is 0 Å². The maximum absolute atomic E-state index is 12.2. The number of nitrogens with zero attached hydrogens (tertiary/aromatic N) is 1. The molecule has 0 bridgehead atoms. The monoisotopic (exact) mass is 388 g/mol. The van der Waals surface area contributed by atoms with Gasteiger partial charge in [0, 0.05) is 6.04 Å². The summed E-state index contributed by atoms with van der Waals surface area (Å²) in [5, 5.41) is 3.69. The van der Waals surface area contributed by atoms with E-state index in [9.17, 15) is 9.59 Å². The number of hydrogen-bond donors (Lipinski definition) is 1. The molecule has 136 valence electrons. The minimum Gasteiger partial charge on any atom is -0.451 e. The lowest BCUT2D eigenvalue weighted by atomic mass is 10.2. The number of esters is 1. The largest absolute Gasteiger partial charge is 0.451 e. The Kier molecular flexibility index (Phi) is 6.00. The molecular weight excluding hydrogens is 368 g/mol. The molecule has 0 fully saturated rings. The van der Waals surface area contributed by atoms with Gasteiger partial charge in [-0.3, -0.25) is 4.79 Å². The molecule has 26 heavy (non-hydrogen) atoms. The molecule has 0 unspecified atom stereocenters. The first-order valence-electron chi connectivity index (χ1n) is 8.49. The van der Waals surface area contributed by atoms with Crippen molar-refractivity contribution in [3.8, 4) is 9.88 Å². The van der Waals surface area contributed by atoms with Gasteiger partial charge >= 0.3 is 5.97 Å². The van der Waals surface area contributed by atoms with Crippen LogP contribution in [0.25, 0.3) is 20.1 Å². The summed E-state index contributed by atoms with van der Waals surface area (Å²) < 4.78 is 6.23. The number of aromatic nitrogens is 1. The number of para-hydroxylation sites is 1. The molecule has 7 heteroatoms. The van der Waals surface area contributed by atoms with Gasteiger partial charge in [-0.1, -0.05) is 25.5 Å². The quantitative estimate of drug-likeness (QED) is 0.606. The number of ether oxygens (including phenoxy) is 1. The summed E-state index contributed by atoms with van der Waals surface area (Å²) in [5.74, 6) is -0.761. The number of rotatable bonds is 7. The minimum absolute atomic E-state index is 0.0820. The second-order valence-electron chi connectivity index (χ2n) is 5.98. The highest BCUT2D eigenvalue weighted by atomic mass is 32.1. The third kappa shape index (κ3) is 4.47. The Hall–Kier alpha value is -2.25. The maximum atomic E-state index is 12.2. The third-order valence-electron chi connectivity index (χ3n) is 3.78. The van der Waals surface area contributed by atoms with Crippen molar-refractivity contribution in [3.05, 3.63) is 41.3 Å². The van der Waals surface area contributed by atoms with Gasteiger partial charge in [-0.05, 0) is 37.6 Å². The number of amides is 1. The highest BCUT2D eigenvalue weighted by Crippen LogP contribution is 2.34. The summed E-state index contributed by atoms with van der Waals surface area (Å²) in [6.45, 7) is 3.73. The van der Waals surface area contributed by atoms with E-state index in [4.69, 9.17) is 4.74 Å². The van der Waals surface area contributed by atoms with Crippen LogP contribution in [-0.4, -0.2) is 29.5 Å². The first kappa shape index (κ1) is 18.5. The summed E-state index contributed by atoms with van der Waals surface area (Å²) in [5.41, 5.74) is 0.947. The van der Waals surface area contributed by atoms with E-state index < -0.39 is 5.97 Å². The Labute approximate surface area is 160 Å². The lowest BCUT2D eigenvalue weighted by molar-refractivity contribution is -0.124. The van der Waals surface area contributed by atoms with Crippen molar-refractivity contribution in [2.75, 3.05) is 6.61 Å². The van der Waals surface area contributed by atoms with Gasteiger partial charge in [-0.25, -0.2) is 9.78 Å². The van der Waals surface area contributed by atoms with Gasteiger partial charge in [-0.15, -0.1) is 22.7 Å². The van der Waals surface area contributed by atoms with Crippen molar-refractivity contribution in [3.63, 3.8) is 0 Å². The van der Waals surface area contributed by atoms with E-state index in [1.165, 1.54) is 11.3 Å². The molecule has 1 N–H and O–H groups in total. The van der Waals surface area contributed by atoms with Crippen LogP contribution in [0.2, 0.25) is 0 Å². The SMILES string of the molecule is CCC[C@@H](C)NC(=O)COC(=O)c1ccc(-c2nc3ccccc3s2)s1. The van der Waals surface area contributed by atoms with Gasteiger partial charge in [0.15, 0.2) is 6.61 Å². The van der Waals surface area contributed by atoms with Crippen LogP contribution in [0, 0.1) is 0 Å². The second-order valence-corrected chi connectivity index (χ2v) is 8.10. The summed E-state index contributed by atoms with van der Waals surface area (Å²) in [6.07, 6.45) is 1.89. The fourth-order valence-corrected chi connectivity index (χ4v) is 4.48. The van der Waals surface area contributed by atoms with Crippen LogP contribution in [0.3, 0.4) is 0 Å². The molecule has 0 saturated carbocycles. The van der Waals surface area contributed by atoms with Crippen LogP contribution in [-0.2, 0) is 9.53 Å². The number of thiophene rings is 1. The maximum Gasteiger partial charge on any atom is 0.348 e. The van der Waals surface area contributed by atoms with Gasteiger partial charge in [0.2, 0.25) is 0 Å². The highest BCUT2D eigenvalue weighted by molar-refractivity contribution is 7.26. The van der Waals surface area contributed by atoms with Gasteiger partial charge in [0.25, 0.3) is 5.91 Å². The molecule has 1 atom stereocenters. The van der Waals surface area contributed by atoms with Gasteiger partial charge < -0.3 is 10.1 Å². The molecular formula is C19H20N2O3S2. The van der Waals surface area contributed by atoms with Gasteiger partial charge in [0.1, 0.15) is 9.88 Å². The highest BCUT2D eigenvalue weighted by Gasteiger charge is 2.16. The zero-order chi connectivity index (χ0) is 18.5. The Morgan fingerprint density at radius 1 is 1.19 bits per heavy atom. The van der Waals surface area contributed by atoms with E-state index in [1.54, 1.807) is 17.4 Å². The van der Waals surface area contributed by atoms with Crippen molar-refractivity contribution in [1.29, 1.82) is 0 Å². The molecule has 3 rings (SSSR count). The van der Waals surface area contributed by atoms with Gasteiger partial charge in [-0.2, -0.15) is 0 Å². The van der Waals surface area contributed by atoms with E-state index in [-0.39, 0.29) is 18.6 Å². The van der Waals surface area contributed by atoms with Crippen LogP contribution >= 0.6 is 22.7 Å². The fraction of sp³-hybridized carbons (Fsp3) is 0.316. The zero-order valence-electron chi connectivity index (χ0n) is 14.7. The molecule has 0 aliphatic heterocycles. The predicted octanol–water partition coefficient (Wildman–Crippen LogP) is 4.49. The average Bonchev–Trinajstić information content (AvgIpc) is 3.26. The second kappa shape index (κ2) is 8.42. The zero-order valence-corrected chi connectivity index (χ0v) is 16.3. The van der Waals surface area contributed by atoms with E-state index in [0.717, 1.165) is 32.9 Å². The summed E-state index contributed by atoms with van der Waals surface area (Å²) >= 11 is 2.91. The standard InChI is InChI=1S/C19H20N2O3S2/c1-3-6-12(2)20-17(22)11-24-19(23)16-10-9-15(25-16)18-21-13-7-4-5-8-14(13)26-18/h4-5,7-10,12H,3,6,11H2,1-2H3,(H,20,22)/t12-/m1/s1. The summed E-state index contributed by atoms with van der Waals surface area (Å²) in [7, 11) is 0. The number of benzene rings is 1. The Bertz CT molecular complexity index is 883. The minimum atomic E-state index is -0.486. The first-order valence-corrected chi connectivity index (χ1v) is 10.1. The lowest BCUT2D eigenvalue weighted by Crippen LogP contribution is -2.35. The Morgan fingerprint density at radius 2 is 2.00 bits per heavy atom. The molecule has 2 aromatic heterocycles. The number of thiazole rings is 1. The number of nitrogens with one attached hydrogen (secondary N) is 1. The van der Waals surface area contributed by atoms with Crippen LogP contribution in [0.1, 0.15) is 36.4 Å². The topological polar surface area (TPSA) is 68.3 Å². The van der Waals surface area contributed by atoms with E-state index in [2.05, 4.69) is 17.2 Å². The van der Waals surface area contributed by atoms with Crippen LogP contribution < -0.4 is 5.32 Å². The van der Waals surface area contributed by atoms with Crippen molar-refractivity contribution < 1.29 is 14.3 Å². The van der Waals surface area contributed by atoms with E-state index >= 15 is 0 Å². The van der Waals surface area contributed by atoms with Crippen LogP contribution in [0.15, 0.2) is 36.4 Å². The predicted molar refractivity (Wildman–Crippen MR) is 106 cm³/mol. The summed E-state index contributed by atoms with van der Waals surface area (Å²) in [4.78, 5) is 29.9. The number of carbonyl (C=O) groups is 2. The molecule has 1 aromatic carbocycles. The molecule has 0 aliphatic carbocycles. The molecule has 1 amide bonds. The van der Waals surface area contributed by atoms with E-state index in [0.29, 0.717) is 4.88 Å². The fourth-order valence-electron chi connectivity index (χ4n) is 2.56. The van der Waals surface area contributed by atoms with E-state index in [1.807, 2.05) is 37.3 Å². The van der Waals surface area contributed by atoms with Crippen molar-refractivity contribution >= 4 is 44.8 Å². The molecule has 0 saturated heterocycles. The molecule has 0 spiro atoms. The molecule has 0 aliphatic rings. The Morgan fingerprint density at radius 3 is 2.77 bits per heavy atom. The lowest BCUT2D eigenvalue weighted by Gasteiger charge is -2.12. The molecule has 5 nitrogen and oxygen atoms in total. The molecule has 0 radical (unpaired) electrons. The van der Waals surface area contributed by atoms with Crippen molar-refractivity contribution in [2.45, 2.75) is 32.7 Å². The summed E-state index contributed by atoms with van der Waals surface area (Å²) in [6, 6.07) is 11.6. The third-order valence-corrected chi connectivity index (χ3v) is 6.05. The van der Waals surface area contributed by atoms with Crippen molar-refractivity contribution in [1.82, 2.24) is 10.3 Å². The number of fused-ring (bicyclic) bond motifs is 1. The number of carbonyl (C=O) groups excluding carboxylic acids is 2. The first-order chi connectivity index (χ1) is 12.6. The molecule has 2 heterocycles. The smallest absolute Gasteiger partial charge is 0.348 e.